The zero-order chi connectivity index (χ0) is 7.40. The van der Waals surface area contributed by atoms with Crippen LogP contribution >= 0.6 is 11.6 Å². The van der Waals surface area contributed by atoms with E-state index >= 15 is 0 Å². The van der Waals surface area contributed by atoms with E-state index in [0.717, 1.165) is 17.9 Å². The maximum Gasteiger partial charge on any atom is 0.0184 e. The highest BCUT2D eigenvalue weighted by Crippen LogP contribution is 2.14. The number of hydrogen-bond acceptors (Lipinski definition) is 0. The first kappa shape index (κ1) is 7.62. The molecule has 0 unspecified atom stereocenters. The number of allylic oxidation sites excluding steroid dienone is 6. The Morgan fingerprint density at radius 1 is 1.40 bits per heavy atom. The van der Waals surface area contributed by atoms with E-state index < -0.39 is 0 Å². The smallest absolute Gasteiger partial charge is 0.0184 e. The molecule has 0 aromatic heterocycles. The molecular weight excluding hydrogens is 144 g/mol. The van der Waals surface area contributed by atoms with Crippen molar-refractivity contribution < 1.29 is 0 Å². The maximum absolute atomic E-state index is 5.84. The van der Waals surface area contributed by atoms with Gasteiger partial charge in [0.2, 0.25) is 0 Å². The minimum atomic E-state index is 0.948. The third-order valence-electron chi connectivity index (χ3n) is 1.46. The van der Waals surface area contributed by atoms with Gasteiger partial charge in [0.15, 0.2) is 0 Å². The minimum absolute atomic E-state index is 0.948. The van der Waals surface area contributed by atoms with Crippen LogP contribution in [0.5, 0.6) is 0 Å². The zero-order valence-electron chi connectivity index (χ0n) is 6.10. The largest absolute Gasteiger partial charge is 0.0891 e. The minimum Gasteiger partial charge on any atom is -0.0891 e. The molecule has 54 valence electrons. The quantitative estimate of drug-likeness (QED) is 0.502. The summed E-state index contributed by atoms with van der Waals surface area (Å²) in [6.07, 6.45) is 10.3. The van der Waals surface area contributed by atoms with E-state index in [0.29, 0.717) is 0 Å². The fourth-order valence-corrected chi connectivity index (χ4v) is 1.02. The van der Waals surface area contributed by atoms with Crippen LogP contribution in [0.1, 0.15) is 19.8 Å². The summed E-state index contributed by atoms with van der Waals surface area (Å²) < 4.78 is 0. The van der Waals surface area contributed by atoms with Gasteiger partial charge < -0.3 is 0 Å². The lowest BCUT2D eigenvalue weighted by atomic mass is 10.1. The Morgan fingerprint density at radius 3 is 3.00 bits per heavy atom. The van der Waals surface area contributed by atoms with E-state index in [9.17, 15) is 0 Å². The number of halogens is 1. The van der Waals surface area contributed by atoms with E-state index in [1.165, 1.54) is 5.57 Å². The lowest BCUT2D eigenvalue weighted by Crippen LogP contribution is -1.77. The van der Waals surface area contributed by atoms with Crippen molar-refractivity contribution in [3.8, 4) is 0 Å². The molecular formula is C9H11Cl. The molecule has 0 amide bonds. The van der Waals surface area contributed by atoms with Gasteiger partial charge in [-0.25, -0.2) is 0 Å². The fraction of sp³-hybridized carbons (Fsp3) is 0.333. The van der Waals surface area contributed by atoms with Crippen LogP contribution in [0.25, 0.3) is 0 Å². The van der Waals surface area contributed by atoms with Crippen molar-refractivity contribution in [2.24, 2.45) is 0 Å². The second-order valence-corrected chi connectivity index (χ2v) is 2.95. The Hall–Kier alpha value is -0.490. The van der Waals surface area contributed by atoms with Crippen LogP contribution in [-0.4, -0.2) is 0 Å². The Kier molecular flexibility index (Phi) is 2.76. The summed E-state index contributed by atoms with van der Waals surface area (Å²) in [5, 5.41) is 0.948. The topological polar surface area (TPSA) is 0 Å². The van der Waals surface area contributed by atoms with E-state index in [4.69, 9.17) is 11.6 Å². The monoisotopic (exact) mass is 154 g/mol. The summed E-state index contributed by atoms with van der Waals surface area (Å²) in [6, 6.07) is 0. The molecule has 0 spiro atoms. The normalized spacial score (nSPS) is 24.2. The average Bonchev–Trinajstić information content (AvgIpc) is 1.90. The van der Waals surface area contributed by atoms with E-state index in [1.54, 1.807) is 0 Å². The van der Waals surface area contributed by atoms with Crippen molar-refractivity contribution >= 4 is 11.6 Å². The van der Waals surface area contributed by atoms with Crippen LogP contribution in [0.15, 0.2) is 34.9 Å². The first-order valence-corrected chi connectivity index (χ1v) is 3.86. The van der Waals surface area contributed by atoms with Crippen molar-refractivity contribution in [2.45, 2.75) is 19.8 Å². The van der Waals surface area contributed by atoms with Gasteiger partial charge in [0.25, 0.3) is 0 Å². The summed E-state index contributed by atoms with van der Waals surface area (Å²) in [6.45, 7) is 2.07. The summed E-state index contributed by atoms with van der Waals surface area (Å²) in [4.78, 5) is 0. The van der Waals surface area contributed by atoms with Crippen LogP contribution < -0.4 is 0 Å². The molecule has 1 rings (SSSR count). The van der Waals surface area contributed by atoms with Gasteiger partial charge in [-0.3, -0.25) is 0 Å². The standard InChI is InChI=1S/C9H11Cl/c1-8-4-2-3-5-9(10)7-6-8/h2,4,6-7H,3,5H2,1H3/b4-2?,8-6?,9-7+. The Balaban J connectivity index is 2.75. The van der Waals surface area contributed by atoms with Crippen molar-refractivity contribution in [1.82, 2.24) is 0 Å². The molecule has 0 fully saturated rings. The molecule has 0 radical (unpaired) electrons. The molecule has 1 aliphatic carbocycles. The molecule has 0 aliphatic heterocycles. The third-order valence-corrected chi connectivity index (χ3v) is 1.77. The number of rotatable bonds is 0. The van der Waals surface area contributed by atoms with Gasteiger partial charge >= 0.3 is 0 Å². The molecule has 1 heteroatoms. The van der Waals surface area contributed by atoms with Crippen molar-refractivity contribution in [3.05, 3.63) is 34.9 Å². The Labute approximate surface area is 66.9 Å². The Bertz CT molecular complexity index is 197. The highest BCUT2D eigenvalue weighted by Gasteiger charge is 1.91. The lowest BCUT2D eigenvalue weighted by Gasteiger charge is -1.97. The lowest BCUT2D eigenvalue weighted by molar-refractivity contribution is 1.03. The van der Waals surface area contributed by atoms with Crippen LogP contribution in [0, 0.1) is 0 Å². The van der Waals surface area contributed by atoms with Gasteiger partial charge in [0, 0.05) is 5.03 Å². The highest BCUT2D eigenvalue weighted by atomic mass is 35.5. The Morgan fingerprint density at radius 2 is 2.20 bits per heavy atom. The van der Waals surface area contributed by atoms with Crippen LogP contribution in [-0.2, 0) is 0 Å². The van der Waals surface area contributed by atoms with Crippen molar-refractivity contribution in [1.29, 1.82) is 0 Å². The third kappa shape index (κ3) is 2.40. The van der Waals surface area contributed by atoms with E-state index in [2.05, 4.69) is 19.1 Å². The van der Waals surface area contributed by atoms with Gasteiger partial charge in [-0.2, -0.15) is 0 Å². The highest BCUT2D eigenvalue weighted by molar-refractivity contribution is 6.29. The summed E-state index contributed by atoms with van der Waals surface area (Å²) >= 11 is 5.84. The van der Waals surface area contributed by atoms with Gasteiger partial charge in [0.05, 0.1) is 0 Å². The fourth-order valence-electron chi connectivity index (χ4n) is 0.851. The molecule has 0 N–H and O–H groups in total. The molecule has 10 heavy (non-hydrogen) atoms. The summed E-state index contributed by atoms with van der Waals surface area (Å²) in [7, 11) is 0. The first-order chi connectivity index (χ1) is 4.79. The molecule has 0 heterocycles. The molecule has 0 saturated heterocycles. The van der Waals surface area contributed by atoms with Gasteiger partial charge in [-0.15, -0.1) is 0 Å². The number of hydrogen-bond donors (Lipinski definition) is 0. The van der Waals surface area contributed by atoms with Crippen LogP contribution in [0.4, 0.5) is 0 Å². The van der Waals surface area contributed by atoms with E-state index in [-0.39, 0.29) is 0 Å². The molecule has 0 atom stereocenters. The van der Waals surface area contributed by atoms with Gasteiger partial charge in [0.1, 0.15) is 0 Å². The molecule has 0 aromatic rings. The first-order valence-electron chi connectivity index (χ1n) is 3.48. The molecule has 0 aromatic carbocycles. The SMILES string of the molecule is CC1=C/C=C(/Cl)CCC=C1. The zero-order valence-corrected chi connectivity index (χ0v) is 6.86. The predicted molar refractivity (Wildman–Crippen MR) is 46.1 cm³/mol. The van der Waals surface area contributed by atoms with Crippen LogP contribution in [0.2, 0.25) is 0 Å². The predicted octanol–water partition coefficient (Wildman–Crippen LogP) is 3.41. The summed E-state index contributed by atoms with van der Waals surface area (Å²) in [5.74, 6) is 0. The van der Waals surface area contributed by atoms with Crippen molar-refractivity contribution in [3.63, 3.8) is 0 Å². The second-order valence-electron chi connectivity index (χ2n) is 2.47. The maximum atomic E-state index is 5.84. The molecule has 0 saturated carbocycles. The molecule has 0 bridgehead atoms. The van der Waals surface area contributed by atoms with Gasteiger partial charge in [-0.1, -0.05) is 35.4 Å². The van der Waals surface area contributed by atoms with Crippen molar-refractivity contribution in [2.75, 3.05) is 0 Å². The van der Waals surface area contributed by atoms with Gasteiger partial charge in [-0.05, 0) is 25.8 Å². The molecule has 1 aliphatic rings. The average molecular weight is 155 g/mol. The van der Waals surface area contributed by atoms with E-state index in [1.807, 2.05) is 12.2 Å². The molecule has 0 nitrogen and oxygen atoms in total. The summed E-state index contributed by atoms with van der Waals surface area (Å²) in [5.41, 5.74) is 1.26. The second kappa shape index (κ2) is 3.62. The van der Waals surface area contributed by atoms with Crippen LogP contribution in [0.3, 0.4) is 0 Å².